The number of carbonyl (C=O) groups excluding carboxylic acids is 1. The van der Waals surface area contributed by atoms with Crippen molar-refractivity contribution >= 4 is 40.0 Å². The number of amides is 1. The smallest absolute Gasteiger partial charge is 0.407 e. The van der Waals surface area contributed by atoms with Crippen molar-refractivity contribution < 1.29 is 17.9 Å². The van der Waals surface area contributed by atoms with E-state index in [0.29, 0.717) is 23.6 Å². The molecule has 1 amide bonds. The first-order valence-electron chi connectivity index (χ1n) is 10.8. The van der Waals surface area contributed by atoms with Gasteiger partial charge in [0.1, 0.15) is 5.60 Å². The zero-order chi connectivity index (χ0) is 23.8. The number of aromatic nitrogens is 2. The van der Waals surface area contributed by atoms with Gasteiger partial charge in [-0.1, -0.05) is 24.9 Å². The molecule has 4 rings (SSSR count). The molecule has 33 heavy (non-hydrogen) atoms. The molecule has 0 unspecified atom stereocenters. The van der Waals surface area contributed by atoms with E-state index < -0.39 is 21.7 Å². The second kappa shape index (κ2) is 9.00. The van der Waals surface area contributed by atoms with Crippen LogP contribution in [0.2, 0.25) is 0 Å². The molecule has 0 bridgehead atoms. The minimum absolute atomic E-state index is 0.223. The fourth-order valence-electron chi connectivity index (χ4n) is 3.88. The molecule has 3 heterocycles. The van der Waals surface area contributed by atoms with Crippen molar-refractivity contribution in [3.05, 3.63) is 48.3 Å². The number of fused-ring (bicyclic) bond motifs is 1. The monoisotopic (exact) mass is 488 g/mol. The van der Waals surface area contributed by atoms with Gasteiger partial charge in [-0.3, -0.25) is 3.97 Å². The Morgan fingerprint density at radius 2 is 1.82 bits per heavy atom. The lowest BCUT2D eigenvalue weighted by Crippen LogP contribution is -2.32. The first-order chi connectivity index (χ1) is 15.6. The summed E-state index contributed by atoms with van der Waals surface area (Å²) >= 11 is 4.54. The van der Waals surface area contributed by atoms with Gasteiger partial charge in [-0.25, -0.2) is 18.2 Å². The maximum Gasteiger partial charge on any atom is 0.407 e. The molecule has 1 aliphatic heterocycles. The number of pyridine rings is 1. The van der Waals surface area contributed by atoms with Crippen LogP contribution in [0.15, 0.2) is 47.5 Å². The molecular formula is C23H28N4O4S2. The van der Waals surface area contributed by atoms with Crippen molar-refractivity contribution in [3.63, 3.8) is 0 Å². The topological polar surface area (TPSA) is 93.5 Å². The second-order valence-corrected chi connectivity index (χ2v) is 11.4. The molecule has 0 atom stereocenters. The van der Waals surface area contributed by atoms with Gasteiger partial charge >= 0.3 is 6.09 Å². The van der Waals surface area contributed by atoms with Gasteiger partial charge in [-0.15, -0.1) is 0 Å². The number of sulfonamides is 1. The summed E-state index contributed by atoms with van der Waals surface area (Å²) < 4.78 is 34.1. The van der Waals surface area contributed by atoms with Gasteiger partial charge in [0.2, 0.25) is 10.0 Å². The Morgan fingerprint density at radius 1 is 1.15 bits per heavy atom. The Labute approximate surface area is 199 Å². The van der Waals surface area contributed by atoms with Crippen molar-refractivity contribution in [2.45, 2.75) is 50.7 Å². The zero-order valence-corrected chi connectivity index (χ0v) is 20.6. The summed E-state index contributed by atoms with van der Waals surface area (Å²) in [5, 5.41) is 3.59. The highest BCUT2D eigenvalue weighted by atomic mass is 32.2. The van der Waals surface area contributed by atoms with Crippen molar-refractivity contribution in [1.29, 1.82) is 0 Å². The molecule has 1 fully saturated rings. The highest BCUT2D eigenvalue weighted by Gasteiger charge is 2.27. The summed E-state index contributed by atoms with van der Waals surface area (Å²) in [5.74, 6) is 0. The minimum atomic E-state index is -3.46. The molecular weight excluding hydrogens is 460 g/mol. The molecule has 0 saturated carbocycles. The summed E-state index contributed by atoms with van der Waals surface area (Å²) in [6.45, 7) is 6.79. The van der Waals surface area contributed by atoms with E-state index in [1.54, 1.807) is 43.1 Å². The van der Waals surface area contributed by atoms with E-state index >= 15 is 0 Å². The largest absolute Gasteiger partial charge is 0.444 e. The molecule has 2 aromatic heterocycles. The highest BCUT2D eigenvalue weighted by Crippen LogP contribution is 2.31. The molecule has 0 spiro atoms. The molecule has 10 heteroatoms. The molecule has 1 N–H and O–H groups in total. The molecule has 1 aliphatic rings. The third-order valence-electron chi connectivity index (χ3n) is 5.43. The summed E-state index contributed by atoms with van der Waals surface area (Å²) in [7, 11) is -3.46. The number of thiol groups is 1. The maximum absolute atomic E-state index is 12.8. The Kier molecular flexibility index (Phi) is 6.43. The number of alkyl carbamates (subject to hydrolysis) is 1. The number of hydrogen-bond acceptors (Lipinski definition) is 6. The van der Waals surface area contributed by atoms with E-state index in [2.05, 4.69) is 23.1 Å². The summed E-state index contributed by atoms with van der Waals surface area (Å²) in [6.07, 6.45) is 2.98. The van der Waals surface area contributed by atoms with Gasteiger partial charge in [-0.2, -0.15) is 4.31 Å². The first kappa shape index (κ1) is 23.6. The maximum atomic E-state index is 12.8. The summed E-state index contributed by atoms with van der Waals surface area (Å²) in [6, 6.07) is 10.7. The number of hydrogen-bond donors (Lipinski definition) is 2. The van der Waals surface area contributed by atoms with Crippen LogP contribution >= 0.6 is 12.8 Å². The first-order valence-corrected chi connectivity index (χ1v) is 12.7. The normalized spacial score (nSPS) is 15.2. The summed E-state index contributed by atoms with van der Waals surface area (Å²) in [5.41, 5.74) is 2.57. The van der Waals surface area contributed by atoms with Crippen molar-refractivity contribution in [1.82, 2.24) is 18.6 Å². The van der Waals surface area contributed by atoms with Gasteiger partial charge in [-0.05, 0) is 69.0 Å². The highest BCUT2D eigenvalue weighted by molar-refractivity contribution is 7.89. The number of benzene rings is 1. The molecule has 8 nitrogen and oxygen atoms in total. The summed E-state index contributed by atoms with van der Waals surface area (Å²) in [4.78, 5) is 16.7. The lowest BCUT2D eigenvalue weighted by Gasteiger charge is -2.19. The van der Waals surface area contributed by atoms with Gasteiger partial charge in [0.05, 0.1) is 17.1 Å². The van der Waals surface area contributed by atoms with Crippen LogP contribution in [0.25, 0.3) is 22.2 Å². The standard InChI is InChI=1S/C23H28N4O4S2/c1-23(2,3)31-22(28)25-15-17-14-20-19(10-11-24-21(20)27(17)32)16-6-8-18(9-7-16)33(29,30)26-12-4-5-13-26/h6-11,14,32H,4-5,12-13,15H2,1-3H3,(H,25,28). The van der Waals surface area contributed by atoms with Crippen LogP contribution in [0.1, 0.15) is 39.3 Å². The molecule has 1 aromatic carbocycles. The van der Waals surface area contributed by atoms with Crippen LogP contribution in [-0.4, -0.2) is 46.5 Å². The third-order valence-corrected chi connectivity index (χ3v) is 7.79. The number of nitrogens with one attached hydrogen (secondary N) is 1. The molecule has 0 radical (unpaired) electrons. The van der Waals surface area contributed by atoms with Crippen LogP contribution in [0, 0.1) is 0 Å². The van der Waals surface area contributed by atoms with E-state index in [1.165, 1.54) is 4.31 Å². The van der Waals surface area contributed by atoms with Crippen LogP contribution in [0.4, 0.5) is 4.79 Å². The fourth-order valence-corrected chi connectivity index (χ4v) is 5.68. The lowest BCUT2D eigenvalue weighted by atomic mass is 10.0. The van der Waals surface area contributed by atoms with Crippen LogP contribution < -0.4 is 5.32 Å². The van der Waals surface area contributed by atoms with E-state index in [0.717, 1.165) is 35.0 Å². The van der Waals surface area contributed by atoms with Crippen LogP contribution in [-0.2, 0) is 21.3 Å². The number of rotatable bonds is 5. The van der Waals surface area contributed by atoms with E-state index in [4.69, 9.17) is 4.74 Å². The zero-order valence-electron chi connectivity index (χ0n) is 18.9. The van der Waals surface area contributed by atoms with Crippen LogP contribution in [0.3, 0.4) is 0 Å². The van der Waals surface area contributed by atoms with Crippen LogP contribution in [0.5, 0.6) is 0 Å². The van der Waals surface area contributed by atoms with E-state index in [9.17, 15) is 13.2 Å². The average Bonchev–Trinajstić information content (AvgIpc) is 3.40. The van der Waals surface area contributed by atoms with E-state index in [1.807, 2.05) is 24.3 Å². The molecule has 176 valence electrons. The van der Waals surface area contributed by atoms with Crippen molar-refractivity contribution in [2.75, 3.05) is 13.1 Å². The molecule has 1 saturated heterocycles. The van der Waals surface area contributed by atoms with Crippen molar-refractivity contribution in [3.8, 4) is 11.1 Å². The minimum Gasteiger partial charge on any atom is -0.444 e. The Hall–Kier alpha value is -2.56. The third kappa shape index (κ3) is 5.02. The number of nitrogens with zero attached hydrogens (tertiary/aromatic N) is 3. The Morgan fingerprint density at radius 3 is 2.45 bits per heavy atom. The Bertz CT molecular complexity index is 1270. The SMILES string of the molecule is CC(C)(C)OC(=O)NCc1cc2c(-c3ccc(S(=O)(=O)N4CCCC4)cc3)ccnc2n1S. The second-order valence-electron chi connectivity index (χ2n) is 9.03. The van der Waals surface area contributed by atoms with Gasteiger partial charge < -0.3 is 10.1 Å². The van der Waals surface area contributed by atoms with E-state index in [-0.39, 0.29) is 6.54 Å². The number of ether oxygens (including phenoxy) is 1. The average molecular weight is 489 g/mol. The molecule has 0 aliphatic carbocycles. The van der Waals surface area contributed by atoms with Crippen molar-refractivity contribution in [2.24, 2.45) is 0 Å². The van der Waals surface area contributed by atoms with Gasteiger partial charge in [0, 0.05) is 24.7 Å². The van der Waals surface area contributed by atoms with Gasteiger partial charge in [0.25, 0.3) is 0 Å². The van der Waals surface area contributed by atoms with Gasteiger partial charge in [0.15, 0.2) is 5.65 Å². The Balaban J connectivity index is 1.60. The fraction of sp³-hybridized carbons (Fsp3) is 0.391. The predicted octanol–water partition coefficient (Wildman–Crippen LogP) is 4.21. The lowest BCUT2D eigenvalue weighted by molar-refractivity contribution is 0.0523. The number of carbonyl (C=O) groups is 1. The predicted molar refractivity (Wildman–Crippen MR) is 131 cm³/mol. The quantitative estimate of drug-likeness (QED) is 0.525. The molecule has 3 aromatic rings.